The highest BCUT2D eigenvalue weighted by Gasteiger charge is 2.43. The predicted molar refractivity (Wildman–Crippen MR) is 111 cm³/mol. The minimum atomic E-state index is -1.36. The second-order valence-electron chi connectivity index (χ2n) is 6.99. The monoisotopic (exact) mass is 430 g/mol. The fourth-order valence-corrected chi connectivity index (χ4v) is 3.64. The van der Waals surface area contributed by atoms with Crippen LogP contribution in [0, 0.1) is 0 Å². The number of hydrogen-bond acceptors (Lipinski definition) is 6. The van der Waals surface area contributed by atoms with Gasteiger partial charge in [0.05, 0.1) is 12.1 Å². The molecule has 9 heteroatoms. The van der Waals surface area contributed by atoms with Crippen molar-refractivity contribution in [2.75, 3.05) is 11.9 Å². The summed E-state index contributed by atoms with van der Waals surface area (Å²) in [4.78, 5) is 25.8. The molecule has 1 fully saturated rings. The lowest BCUT2D eigenvalue weighted by atomic mass is 10.1. The van der Waals surface area contributed by atoms with Crippen molar-refractivity contribution in [1.82, 2.24) is 4.57 Å². The lowest BCUT2D eigenvalue weighted by molar-refractivity contribution is -0.0509. The Morgan fingerprint density at radius 3 is 2.47 bits per heavy atom. The van der Waals surface area contributed by atoms with E-state index in [1.165, 1.54) is 10.8 Å². The summed E-state index contributed by atoms with van der Waals surface area (Å²) in [5.41, 5.74) is 0.221. The van der Waals surface area contributed by atoms with E-state index in [9.17, 15) is 24.9 Å². The molecule has 1 aliphatic rings. The number of benzene rings is 2. The van der Waals surface area contributed by atoms with Crippen molar-refractivity contribution in [3.8, 4) is 0 Å². The molecule has 8 nitrogen and oxygen atoms in total. The molecule has 30 heavy (non-hydrogen) atoms. The third kappa shape index (κ3) is 3.60. The Morgan fingerprint density at radius 1 is 1.10 bits per heavy atom. The smallest absolute Gasteiger partial charge is 0.261 e. The number of pyridine rings is 1. The van der Waals surface area contributed by atoms with Crippen molar-refractivity contribution in [3.05, 3.63) is 75.5 Å². The van der Waals surface area contributed by atoms with Crippen LogP contribution in [0.25, 0.3) is 10.9 Å². The van der Waals surface area contributed by atoms with Crippen molar-refractivity contribution >= 4 is 34.1 Å². The first-order valence-corrected chi connectivity index (χ1v) is 9.61. The first-order chi connectivity index (χ1) is 14.4. The van der Waals surface area contributed by atoms with E-state index in [4.69, 9.17) is 16.3 Å². The van der Waals surface area contributed by atoms with Gasteiger partial charge in [-0.15, -0.1) is 0 Å². The first-order valence-electron chi connectivity index (χ1n) is 9.24. The van der Waals surface area contributed by atoms with Gasteiger partial charge in [-0.2, -0.15) is 0 Å². The SMILES string of the molecule is O=C(Nc1ccc(Cl)cc1)c1cn([C@@H]2O[C@H](CO)[C@@H](O)[C@H]2O)c2ccccc2c1=O. The zero-order chi connectivity index (χ0) is 21.4. The van der Waals surface area contributed by atoms with Gasteiger partial charge in [0.1, 0.15) is 23.9 Å². The fraction of sp³-hybridized carbons (Fsp3) is 0.238. The van der Waals surface area contributed by atoms with Crippen molar-refractivity contribution in [1.29, 1.82) is 0 Å². The summed E-state index contributed by atoms with van der Waals surface area (Å²) in [6, 6.07) is 13.0. The van der Waals surface area contributed by atoms with Gasteiger partial charge in [0.2, 0.25) is 5.43 Å². The number of rotatable bonds is 4. The number of amides is 1. The maximum atomic E-state index is 13.0. The Hall–Kier alpha value is -2.75. The Balaban J connectivity index is 1.80. The Labute approximate surface area is 175 Å². The summed E-state index contributed by atoms with van der Waals surface area (Å²) in [5.74, 6) is -0.645. The van der Waals surface area contributed by atoms with E-state index in [-0.39, 0.29) is 10.9 Å². The number of anilines is 1. The third-order valence-electron chi connectivity index (χ3n) is 5.08. The molecule has 0 aliphatic carbocycles. The third-order valence-corrected chi connectivity index (χ3v) is 5.33. The molecule has 4 rings (SSSR count). The molecule has 2 aromatic carbocycles. The molecule has 1 saturated heterocycles. The minimum absolute atomic E-state index is 0.165. The van der Waals surface area contributed by atoms with Crippen LogP contribution in [0.15, 0.2) is 59.5 Å². The molecule has 1 amide bonds. The summed E-state index contributed by atoms with van der Waals surface area (Å²) in [6.07, 6.45) is -3.47. The number of aromatic nitrogens is 1. The van der Waals surface area contributed by atoms with E-state index in [0.29, 0.717) is 16.2 Å². The zero-order valence-electron chi connectivity index (χ0n) is 15.6. The number of aliphatic hydroxyl groups is 3. The molecule has 4 N–H and O–H groups in total. The number of ether oxygens (including phenoxy) is 1. The van der Waals surface area contributed by atoms with Crippen LogP contribution in [0.1, 0.15) is 16.6 Å². The largest absolute Gasteiger partial charge is 0.394 e. The Bertz CT molecular complexity index is 1150. The number of aliphatic hydroxyl groups excluding tert-OH is 3. The number of nitrogens with one attached hydrogen (secondary N) is 1. The molecular weight excluding hydrogens is 412 g/mol. The molecule has 2 heterocycles. The molecule has 3 aromatic rings. The van der Waals surface area contributed by atoms with Gasteiger partial charge in [-0.25, -0.2) is 0 Å². The second kappa shape index (κ2) is 8.17. The number of hydrogen-bond donors (Lipinski definition) is 4. The highest BCUT2D eigenvalue weighted by molar-refractivity contribution is 6.30. The molecular formula is C21H19ClN2O6. The van der Waals surface area contributed by atoms with Crippen LogP contribution < -0.4 is 10.7 Å². The van der Waals surface area contributed by atoms with Crippen molar-refractivity contribution in [2.24, 2.45) is 0 Å². The molecule has 0 saturated carbocycles. The van der Waals surface area contributed by atoms with Crippen LogP contribution in [0.4, 0.5) is 5.69 Å². The van der Waals surface area contributed by atoms with Crippen LogP contribution in [-0.2, 0) is 4.74 Å². The second-order valence-corrected chi connectivity index (χ2v) is 7.42. The zero-order valence-corrected chi connectivity index (χ0v) is 16.4. The van der Waals surface area contributed by atoms with E-state index >= 15 is 0 Å². The molecule has 1 aliphatic heterocycles. The van der Waals surface area contributed by atoms with Crippen molar-refractivity contribution < 1.29 is 24.9 Å². The van der Waals surface area contributed by atoms with Crippen LogP contribution in [0.2, 0.25) is 5.02 Å². The van der Waals surface area contributed by atoms with E-state index < -0.39 is 42.5 Å². The minimum Gasteiger partial charge on any atom is -0.394 e. The van der Waals surface area contributed by atoms with E-state index in [2.05, 4.69) is 5.32 Å². The molecule has 0 bridgehead atoms. The van der Waals surface area contributed by atoms with Gasteiger partial charge in [0, 0.05) is 22.3 Å². The van der Waals surface area contributed by atoms with Gasteiger partial charge in [0.15, 0.2) is 6.23 Å². The maximum absolute atomic E-state index is 13.0. The van der Waals surface area contributed by atoms with Gasteiger partial charge in [-0.3, -0.25) is 9.59 Å². The summed E-state index contributed by atoms with van der Waals surface area (Å²) in [5, 5.41) is 33.3. The summed E-state index contributed by atoms with van der Waals surface area (Å²) < 4.78 is 7.03. The van der Waals surface area contributed by atoms with Crippen molar-refractivity contribution in [3.63, 3.8) is 0 Å². The standard InChI is InChI=1S/C21H19ClN2O6/c22-11-5-7-12(8-6-11)23-20(29)14-9-24(15-4-2-1-3-13(15)17(14)26)21-19(28)18(27)16(10-25)30-21/h1-9,16,18-19,21,25,27-28H,10H2,(H,23,29)/t16-,18-,19-,21-/m1/s1. The van der Waals surface area contributed by atoms with Crippen LogP contribution in [0.3, 0.4) is 0 Å². The molecule has 156 valence electrons. The van der Waals surface area contributed by atoms with Crippen LogP contribution in [0.5, 0.6) is 0 Å². The van der Waals surface area contributed by atoms with Gasteiger partial charge >= 0.3 is 0 Å². The summed E-state index contributed by atoms with van der Waals surface area (Å²) >= 11 is 5.86. The highest BCUT2D eigenvalue weighted by atomic mass is 35.5. The number of nitrogens with zero attached hydrogens (tertiary/aromatic N) is 1. The molecule has 4 atom stereocenters. The maximum Gasteiger partial charge on any atom is 0.261 e. The number of carbonyl (C=O) groups is 1. The number of para-hydroxylation sites is 1. The average molecular weight is 431 g/mol. The molecule has 0 spiro atoms. The van der Waals surface area contributed by atoms with Gasteiger partial charge in [-0.05, 0) is 36.4 Å². The van der Waals surface area contributed by atoms with Gasteiger partial charge in [0.25, 0.3) is 5.91 Å². The van der Waals surface area contributed by atoms with Crippen LogP contribution >= 0.6 is 11.6 Å². The highest BCUT2D eigenvalue weighted by Crippen LogP contribution is 2.31. The summed E-state index contributed by atoms with van der Waals surface area (Å²) in [6.45, 7) is -0.489. The van der Waals surface area contributed by atoms with E-state index in [1.807, 2.05) is 0 Å². The quantitative estimate of drug-likeness (QED) is 0.498. The molecule has 0 unspecified atom stereocenters. The van der Waals surface area contributed by atoms with Gasteiger partial charge in [-0.1, -0.05) is 23.7 Å². The van der Waals surface area contributed by atoms with Gasteiger partial charge < -0.3 is 29.9 Å². The average Bonchev–Trinajstić information content (AvgIpc) is 3.04. The van der Waals surface area contributed by atoms with Crippen LogP contribution in [-0.4, -0.2) is 50.7 Å². The van der Waals surface area contributed by atoms with Crippen molar-refractivity contribution in [2.45, 2.75) is 24.5 Å². The first kappa shape index (κ1) is 20.5. The number of halogens is 1. The van der Waals surface area contributed by atoms with E-state index in [0.717, 1.165) is 0 Å². The predicted octanol–water partition coefficient (Wildman–Crippen LogP) is 1.52. The number of carbonyl (C=O) groups excluding carboxylic acids is 1. The lowest BCUT2D eigenvalue weighted by Crippen LogP contribution is -2.33. The normalized spacial score (nSPS) is 23.6. The van der Waals surface area contributed by atoms with E-state index in [1.54, 1.807) is 48.5 Å². The Kier molecular flexibility index (Phi) is 5.59. The molecule has 1 aromatic heterocycles. The fourth-order valence-electron chi connectivity index (χ4n) is 3.52. The number of fused-ring (bicyclic) bond motifs is 1. The molecule has 0 radical (unpaired) electrons. The topological polar surface area (TPSA) is 121 Å². The summed E-state index contributed by atoms with van der Waals surface area (Å²) in [7, 11) is 0. The Morgan fingerprint density at radius 2 is 1.80 bits per heavy atom. The lowest BCUT2D eigenvalue weighted by Gasteiger charge is -2.22.